The quantitative estimate of drug-likeness (QED) is 0.897. The molecule has 0 radical (unpaired) electrons. The van der Waals surface area contributed by atoms with Gasteiger partial charge >= 0.3 is 0 Å². The van der Waals surface area contributed by atoms with E-state index >= 15 is 0 Å². The summed E-state index contributed by atoms with van der Waals surface area (Å²) in [4.78, 5) is 14.2. The highest BCUT2D eigenvalue weighted by atomic mass is 16.2. The van der Waals surface area contributed by atoms with Gasteiger partial charge in [0.1, 0.15) is 0 Å². The zero-order chi connectivity index (χ0) is 14.8. The SMILES string of the molecule is Cc1ccccc1-n1cc(C(=O)N2CCC(N)CC2)nn1. The van der Waals surface area contributed by atoms with E-state index in [0.29, 0.717) is 18.8 Å². The Kier molecular flexibility index (Phi) is 3.70. The van der Waals surface area contributed by atoms with Crippen LogP contribution in [-0.4, -0.2) is 44.9 Å². The molecule has 1 saturated heterocycles. The van der Waals surface area contributed by atoms with Gasteiger partial charge < -0.3 is 10.6 Å². The van der Waals surface area contributed by atoms with Gasteiger partial charge in [0.25, 0.3) is 5.91 Å². The second-order valence-corrected chi connectivity index (χ2v) is 5.46. The molecule has 0 atom stereocenters. The lowest BCUT2D eigenvalue weighted by Crippen LogP contribution is -2.43. The van der Waals surface area contributed by atoms with E-state index in [-0.39, 0.29) is 11.9 Å². The summed E-state index contributed by atoms with van der Waals surface area (Å²) >= 11 is 0. The highest BCUT2D eigenvalue weighted by molar-refractivity contribution is 5.92. The number of aryl methyl sites for hydroxylation is 1. The van der Waals surface area contributed by atoms with Crippen LogP contribution in [0.2, 0.25) is 0 Å². The summed E-state index contributed by atoms with van der Waals surface area (Å²) < 4.78 is 1.65. The predicted molar refractivity (Wildman–Crippen MR) is 79.2 cm³/mol. The zero-order valence-electron chi connectivity index (χ0n) is 12.1. The summed E-state index contributed by atoms with van der Waals surface area (Å²) in [6, 6.07) is 8.08. The molecule has 110 valence electrons. The first kappa shape index (κ1) is 13.8. The van der Waals surface area contributed by atoms with Gasteiger partial charge in [-0.25, -0.2) is 4.68 Å². The van der Waals surface area contributed by atoms with Gasteiger partial charge in [0.2, 0.25) is 0 Å². The first-order valence-corrected chi connectivity index (χ1v) is 7.18. The Morgan fingerprint density at radius 3 is 2.71 bits per heavy atom. The first-order valence-electron chi connectivity index (χ1n) is 7.18. The number of amides is 1. The second kappa shape index (κ2) is 5.65. The Balaban J connectivity index is 1.79. The third kappa shape index (κ3) is 2.80. The van der Waals surface area contributed by atoms with Crippen LogP contribution in [0.4, 0.5) is 0 Å². The van der Waals surface area contributed by atoms with Crippen molar-refractivity contribution >= 4 is 5.91 Å². The molecular weight excluding hydrogens is 266 g/mol. The standard InChI is InChI=1S/C15H19N5O/c1-11-4-2-3-5-14(11)20-10-13(17-18-20)15(21)19-8-6-12(16)7-9-19/h2-5,10,12H,6-9,16H2,1H3. The van der Waals surface area contributed by atoms with Crippen molar-refractivity contribution in [3.8, 4) is 5.69 Å². The van der Waals surface area contributed by atoms with Crippen molar-refractivity contribution < 1.29 is 4.79 Å². The molecule has 1 aromatic heterocycles. The van der Waals surface area contributed by atoms with Crippen molar-refractivity contribution in [1.82, 2.24) is 19.9 Å². The van der Waals surface area contributed by atoms with Gasteiger partial charge in [0, 0.05) is 19.1 Å². The summed E-state index contributed by atoms with van der Waals surface area (Å²) in [6.07, 6.45) is 3.38. The van der Waals surface area contributed by atoms with Crippen molar-refractivity contribution in [2.75, 3.05) is 13.1 Å². The van der Waals surface area contributed by atoms with Gasteiger partial charge in [0.15, 0.2) is 5.69 Å². The van der Waals surface area contributed by atoms with Crippen LogP contribution in [0, 0.1) is 6.92 Å². The van der Waals surface area contributed by atoms with E-state index in [9.17, 15) is 4.79 Å². The predicted octanol–water partition coefficient (Wildman–Crippen LogP) is 1.14. The average Bonchev–Trinajstić information content (AvgIpc) is 2.97. The zero-order valence-corrected chi connectivity index (χ0v) is 12.1. The molecule has 1 aromatic carbocycles. The molecule has 0 aliphatic carbocycles. The molecule has 0 unspecified atom stereocenters. The van der Waals surface area contributed by atoms with Gasteiger partial charge in [-0.3, -0.25) is 4.79 Å². The third-order valence-electron chi connectivity index (χ3n) is 3.90. The van der Waals surface area contributed by atoms with Crippen molar-refractivity contribution in [3.63, 3.8) is 0 Å². The minimum absolute atomic E-state index is 0.0678. The largest absolute Gasteiger partial charge is 0.337 e. The van der Waals surface area contributed by atoms with Crippen LogP contribution in [0.25, 0.3) is 5.69 Å². The van der Waals surface area contributed by atoms with Crippen LogP contribution >= 0.6 is 0 Å². The van der Waals surface area contributed by atoms with E-state index in [1.807, 2.05) is 31.2 Å². The van der Waals surface area contributed by atoms with Crippen LogP contribution in [-0.2, 0) is 0 Å². The monoisotopic (exact) mass is 285 g/mol. The summed E-state index contributed by atoms with van der Waals surface area (Å²) in [6.45, 7) is 3.39. The van der Waals surface area contributed by atoms with Crippen molar-refractivity contribution in [2.24, 2.45) is 5.73 Å². The highest BCUT2D eigenvalue weighted by Crippen LogP contribution is 2.14. The summed E-state index contributed by atoms with van der Waals surface area (Å²) in [5.74, 6) is -0.0678. The van der Waals surface area contributed by atoms with Gasteiger partial charge in [-0.1, -0.05) is 23.4 Å². The molecule has 2 N–H and O–H groups in total. The smallest absolute Gasteiger partial charge is 0.276 e. The topological polar surface area (TPSA) is 77.0 Å². The summed E-state index contributed by atoms with van der Waals surface area (Å²) in [7, 11) is 0. The Morgan fingerprint density at radius 2 is 2.00 bits per heavy atom. The van der Waals surface area contributed by atoms with E-state index in [2.05, 4.69) is 10.3 Å². The van der Waals surface area contributed by atoms with Crippen LogP contribution in [0.3, 0.4) is 0 Å². The fourth-order valence-electron chi connectivity index (χ4n) is 2.56. The second-order valence-electron chi connectivity index (χ2n) is 5.46. The van der Waals surface area contributed by atoms with E-state index in [0.717, 1.165) is 24.1 Å². The lowest BCUT2D eigenvalue weighted by molar-refractivity contribution is 0.0708. The van der Waals surface area contributed by atoms with E-state index in [1.54, 1.807) is 15.8 Å². The third-order valence-corrected chi connectivity index (χ3v) is 3.90. The van der Waals surface area contributed by atoms with Crippen LogP contribution in [0.5, 0.6) is 0 Å². The first-order chi connectivity index (χ1) is 10.1. The number of aromatic nitrogens is 3. The lowest BCUT2D eigenvalue weighted by Gasteiger charge is -2.29. The van der Waals surface area contributed by atoms with Crippen molar-refractivity contribution in [3.05, 3.63) is 41.7 Å². The minimum atomic E-state index is -0.0678. The molecule has 2 aromatic rings. The molecule has 1 fully saturated rings. The maximum absolute atomic E-state index is 12.4. The summed E-state index contributed by atoms with van der Waals surface area (Å²) in [5, 5.41) is 8.09. The van der Waals surface area contributed by atoms with Gasteiger partial charge in [0.05, 0.1) is 11.9 Å². The van der Waals surface area contributed by atoms with Gasteiger partial charge in [-0.15, -0.1) is 5.10 Å². The fourth-order valence-corrected chi connectivity index (χ4v) is 2.56. The normalized spacial score (nSPS) is 16.2. The molecule has 0 bridgehead atoms. The van der Waals surface area contributed by atoms with Gasteiger partial charge in [-0.2, -0.15) is 0 Å². The van der Waals surface area contributed by atoms with Crippen molar-refractivity contribution in [1.29, 1.82) is 0 Å². The minimum Gasteiger partial charge on any atom is -0.337 e. The molecule has 6 heteroatoms. The number of likely N-dealkylation sites (tertiary alicyclic amines) is 1. The number of piperidine rings is 1. The van der Waals surface area contributed by atoms with Crippen LogP contribution < -0.4 is 5.73 Å². The number of hydrogen-bond acceptors (Lipinski definition) is 4. The number of carbonyl (C=O) groups is 1. The highest BCUT2D eigenvalue weighted by Gasteiger charge is 2.23. The van der Waals surface area contributed by atoms with Gasteiger partial charge in [-0.05, 0) is 31.4 Å². The molecule has 6 nitrogen and oxygen atoms in total. The van der Waals surface area contributed by atoms with Crippen molar-refractivity contribution in [2.45, 2.75) is 25.8 Å². The number of hydrogen-bond donors (Lipinski definition) is 1. The maximum atomic E-state index is 12.4. The molecule has 1 aliphatic heterocycles. The molecule has 1 aliphatic rings. The Labute approximate surface area is 123 Å². The number of carbonyl (C=O) groups excluding carboxylic acids is 1. The Morgan fingerprint density at radius 1 is 1.29 bits per heavy atom. The average molecular weight is 285 g/mol. The molecule has 3 rings (SSSR count). The van der Waals surface area contributed by atoms with Crippen LogP contribution in [0.1, 0.15) is 28.9 Å². The molecule has 0 saturated carbocycles. The molecule has 0 spiro atoms. The number of para-hydroxylation sites is 1. The molecule has 2 heterocycles. The fraction of sp³-hybridized carbons (Fsp3) is 0.400. The molecule has 21 heavy (non-hydrogen) atoms. The number of benzene rings is 1. The number of rotatable bonds is 2. The Hall–Kier alpha value is -2.21. The van der Waals surface area contributed by atoms with E-state index in [4.69, 9.17) is 5.73 Å². The molecular formula is C15H19N5O. The number of nitrogens with two attached hydrogens (primary N) is 1. The van der Waals surface area contributed by atoms with E-state index in [1.165, 1.54) is 0 Å². The number of nitrogens with zero attached hydrogens (tertiary/aromatic N) is 4. The lowest BCUT2D eigenvalue weighted by atomic mass is 10.1. The van der Waals surface area contributed by atoms with E-state index < -0.39 is 0 Å². The maximum Gasteiger partial charge on any atom is 0.276 e. The molecule has 1 amide bonds. The summed E-state index contributed by atoms with van der Waals surface area (Å²) in [5.41, 5.74) is 8.27. The Bertz CT molecular complexity index is 643. The van der Waals surface area contributed by atoms with Crippen LogP contribution in [0.15, 0.2) is 30.5 Å².